The first kappa shape index (κ1) is 18.9. The lowest BCUT2D eigenvalue weighted by Gasteiger charge is -2.07. The minimum atomic E-state index is -0.0976. The quantitative estimate of drug-likeness (QED) is 0.572. The highest BCUT2D eigenvalue weighted by molar-refractivity contribution is 5.37. The van der Waals surface area contributed by atoms with Crippen molar-refractivity contribution in [1.29, 1.82) is 0 Å². The van der Waals surface area contributed by atoms with Crippen LogP contribution in [0.15, 0.2) is 102 Å². The highest BCUT2D eigenvalue weighted by Crippen LogP contribution is 2.12. The first-order valence-electron chi connectivity index (χ1n) is 8.76. The zero-order valence-electron chi connectivity index (χ0n) is 15.1. The molecule has 0 aliphatic heterocycles. The number of phenols is 2. The molecule has 0 unspecified atom stereocenters. The molecule has 0 bridgehead atoms. The van der Waals surface area contributed by atoms with Crippen LogP contribution in [0.5, 0.6) is 11.5 Å². The maximum atomic E-state index is 12.5. The lowest BCUT2D eigenvalue weighted by Crippen LogP contribution is -2.22. The van der Waals surface area contributed by atoms with Crippen LogP contribution in [0.3, 0.4) is 0 Å². The third kappa shape index (κ3) is 5.08. The van der Waals surface area contributed by atoms with Crippen molar-refractivity contribution in [2.24, 2.45) is 0 Å². The van der Waals surface area contributed by atoms with Crippen LogP contribution in [0.2, 0.25) is 0 Å². The number of aromatic nitrogens is 2. The zero-order valence-corrected chi connectivity index (χ0v) is 15.1. The predicted octanol–water partition coefficient (Wildman–Crippen LogP) is 3.92. The maximum absolute atomic E-state index is 12.5. The van der Waals surface area contributed by atoms with Gasteiger partial charge < -0.3 is 10.2 Å². The van der Waals surface area contributed by atoms with Crippen LogP contribution in [0.4, 0.5) is 0 Å². The molecule has 0 saturated carbocycles. The van der Waals surface area contributed by atoms with Gasteiger partial charge in [0.15, 0.2) is 0 Å². The van der Waals surface area contributed by atoms with Crippen LogP contribution < -0.4 is 5.56 Å². The van der Waals surface area contributed by atoms with Crippen molar-refractivity contribution in [3.8, 4) is 17.2 Å². The molecule has 5 heteroatoms. The zero-order chi connectivity index (χ0) is 19.8. The Morgan fingerprint density at radius 1 is 0.750 bits per heavy atom. The van der Waals surface area contributed by atoms with Gasteiger partial charge in [0, 0.05) is 18.2 Å². The van der Waals surface area contributed by atoms with E-state index in [4.69, 9.17) is 5.11 Å². The van der Waals surface area contributed by atoms with E-state index in [0.29, 0.717) is 23.4 Å². The van der Waals surface area contributed by atoms with E-state index in [-0.39, 0.29) is 11.3 Å². The summed E-state index contributed by atoms with van der Waals surface area (Å²) in [4.78, 5) is 16.7. The molecule has 0 radical (unpaired) electrons. The van der Waals surface area contributed by atoms with Crippen LogP contribution in [0, 0.1) is 0 Å². The highest BCUT2D eigenvalue weighted by Gasteiger charge is 2.06. The fourth-order valence-electron chi connectivity index (χ4n) is 2.61. The maximum Gasteiger partial charge on any atom is 0.261 e. The molecule has 0 spiro atoms. The first-order chi connectivity index (χ1) is 13.6. The summed E-state index contributed by atoms with van der Waals surface area (Å²) in [5.74, 6) is 0.489. The average Bonchev–Trinajstić information content (AvgIpc) is 2.72. The molecule has 4 aromatic rings. The first-order valence-corrected chi connectivity index (χ1v) is 8.76. The largest absolute Gasteiger partial charge is 0.508 e. The summed E-state index contributed by atoms with van der Waals surface area (Å²) in [6.07, 6.45) is 3.64. The van der Waals surface area contributed by atoms with E-state index in [9.17, 15) is 9.90 Å². The number of nitrogens with zero attached hydrogens (tertiary/aromatic N) is 2. The Labute approximate surface area is 162 Å². The summed E-state index contributed by atoms with van der Waals surface area (Å²) in [6.45, 7) is 0. The molecule has 1 aromatic heterocycles. The van der Waals surface area contributed by atoms with Gasteiger partial charge in [-0.15, -0.1) is 0 Å². The number of hydrogen-bond donors (Lipinski definition) is 2. The van der Waals surface area contributed by atoms with Crippen LogP contribution >= 0.6 is 0 Å². The fraction of sp³-hybridized carbons (Fsp3) is 0.0435. The number of aromatic hydroxyl groups is 2. The van der Waals surface area contributed by atoms with Gasteiger partial charge >= 0.3 is 0 Å². The Bertz CT molecular complexity index is 1060. The van der Waals surface area contributed by atoms with Gasteiger partial charge in [-0.1, -0.05) is 48.5 Å². The number of phenolic OH excluding ortho intramolecular Hbond substituents is 2. The SMILES string of the molecule is O=c1c(Cc2ccccc2)cncn1-c1ccc(O)cc1.Oc1ccccc1. The topological polar surface area (TPSA) is 75.4 Å². The number of benzene rings is 3. The molecular formula is C23H20N2O3. The molecule has 1 heterocycles. The Hall–Kier alpha value is -3.86. The van der Waals surface area contributed by atoms with E-state index < -0.39 is 0 Å². The molecule has 0 aliphatic carbocycles. The van der Waals surface area contributed by atoms with Gasteiger partial charge in [0.1, 0.15) is 17.8 Å². The van der Waals surface area contributed by atoms with Crippen LogP contribution in [-0.2, 0) is 6.42 Å². The van der Waals surface area contributed by atoms with E-state index in [0.717, 1.165) is 5.56 Å². The third-order valence-corrected chi connectivity index (χ3v) is 4.03. The Balaban J connectivity index is 0.000000271. The number of rotatable bonds is 3. The van der Waals surface area contributed by atoms with Crippen molar-refractivity contribution in [2.45, 2.75) is 6.42 Å². The van der Waals surface area contributed by atoms with Gasteiger partial charge in [-0.05, 0) is 42.0 Å². The monoisotopic (exact) mass is 372 g/mol. The number of hydrogen-bond acceptors (Lipinski definition) is 4. The van der Waals surface area contributed by atoms with Crippen molar-refractivity contribution in [2.75, 3.05) is 0 Å². The van der Waals surface area contributed by atoms with E-state index in [1.54, 1.807) is 54.7 Å². The molecule has 0 aliphatic rings. The summed E-state index contributed by atoms with van der Waals surface area (Å²) >= 11 is 0. The number of para-hydroxylation sites is 1. The van der Waals surface area contributed by atoms with Gasteiger partial charge in [-0.2, -0.15) is 0 Å². The summed E-state index contributed by atoms with van der Waals surface area (Å²) in [6, 6.07) is 25.0. The summed E-state index contributed by atoms with van der Waals surface area (Å²) in [5, 5.41) is 18.0. The molecule has 2 N–H and O–H groups in total. The summed E-state index contributed by atoms with van der Waals surface area (Å²) in [7, 11) is 0. The van der Waals surface area contributed by atoms with Crippen molar-refractivity contribution >= 4 is 0 Å². The van der Waals surface area contributed by atoms with Crippen molar-refractivity contribution in [1.82, 2.24) is 9.55 Å². The molecule has 5 nitrogen and oxygen atoms in total. The second kappa shape index (κ2) is 9.19. The van der Waals surface area contributed by atoms with Gasteiger partial charge in [0.25, 0.3) is 5.56 Å². The molecule has 140 valence electrons. The minimum Gasteiger partial charge on any atom is -0.508 e. The van der Waals surface area contributed by atoms with Crippen molar-refractivity contribution < 1.29 is 10.2 Å². The smallest absolute Gasteiger partial charge is 0.261 e. The van der Waals surface area contributed by atoms with E-state index in [1.165, 1.54) is 10.9 Å². The molecule has 28 heavy (non-hydrogen) atoms. The molecule has 4 rings (SSSR count). The van der Waals surface area contributed by atoms with Crippen molar-refractivity contribution in [3.05, 3.63) is 119 Å². The van der Waals surface area contributed by atoms with Crippen molar-refractivity contribution in [3.63, 3.8) is 0 Å². The lowest BCUT2D eigenvalue weighted by molar-refractivity contribution is 0.474. The molecule has 0 fully saturated rings. The van der Waals surface area contributed by atoms with Crippen LogP contribution in [0.25, 0.3) is 5.69 Å². The van der Waals surface area contributed by atoms with Gasteiger partial charge in [0.2, 0.25) is 0 Å². The van der Waals surface area contributed by atoms with Crippen LogP contribution in [-0.4, -0.2) is 19.8 Å². The normalized spacial score (nSPS) is 10.0. The second-order valence-corrected chi connectivity index (χ2v) is 6.11. The van der Waals surface area contributed by atoms with Gasteiger partial charge in [-0.3, -0.25) is 9.36 Å². The summed E-state index contributed by atoms with van der Waals surface area (Å²) in [5.41, 5.74) is 2.29. The van der Waals surface area contributed by atoms with E-state index >= 15 is 0 Å². The Morgan fingerprint density at radius 2 is 1.32 bits per heavy atom. The Morgan fingerprint density at radius 3 is 1.89 bits per heavy atom. The molecule has 0 saturated heterocycles. The molecule has 0 amide bonds. The highest BCUT2D eigenvalue weighted by atomic mass is 16.3. The average molecular weight is 372 g/mol. The summed E-state index contributed by atoms with van der Waals surface area (Å²) < 4.78 is 1.48. The van der Waals surface area contributed by atoms with E-state index in [2.05, 4.69) is 4.98 Å². The Kier molecular flexibility index (Phi) is 6.21. The predicted molar refractivity (Wildman–Crippen MR) is 109 cm³/mol. The fourth-order valence-corrected chi connectivity index (χ4v) is 2.61. The lowest BCUT2D eigenvalue weighted by atomic mass is 10.1. The van der Waals surface area contributed by atoms with Gasteiger partial charge in [-0.25, -0.2) is 4.98 Å². The standard InChI is InChI=1S/C17H14N2O2.C6H6O/c20-16-8-6-15(7-9-16)19-12-18-11-14(17(19)21)10-13-4-2-1-3-5-13;7-6-4-2-1-3-5-6/h1-9,11-12,20H,10H2;1-5,7H. The van der Waals surface area contributed by atoms with Gasteiger partial charge in [0.05, 0.1) is 5.69 Å². The minimum absolute atomic E-state index is 0.0976. The van der Waals surface area contributed by atoms with Crippen LogP contribution in [0.1, 0.15) is 11.1 Å². The molecular weight excluding hydrogens is 352 g/mol. The van der Waals surface area contributed by atoms with E-state index in [1.807, 2.05) is 36.4 Å². The molecule has 0 atom stereocenters. The second-order valence-electron chi connectivity index (χ2n) is 6.11. The third-order valence-electron chi connectivity index (χ3n) is 4.03. The molecule has 3 aromatic carbocycles.